The van der Waals surface area contributed by atoms with Crippen molar-refractivity contribution < 1.29 is 19.1 Å². The van der Waals surface area contributed by atoms with Crippen LogP contribution >= 0.6 is 0 Å². The first-order chi connectivity index (χ1) is 8.50. The molecule has 0 bridgehead atoms. The molecule has 0 saturated heterocycles. The van der Waals surface area contributed by atoms with E-state index in [-0.39, 0.29) is 22.6 Å². The Bertz CT molecular complexity index is 457. The van der Waals surface area contributed by atoms with E-state index < -0.39 is 5.97 Å². The minimum Gasteiger partial charge on any atom is -0.478 e. The topological polar surface area (TPSA) is 79.5 Å². The van der Waals surface area contributed by atoms with Gasteiger partial charge in [-0.2, -0.15) is 0 Å². The third kappa shape index (κ3) is 2.72. The van der Waals surface area contributed by atoms with Crippen LogP contribution in [0.3, 0.4) is 0 Å². The normalized spacial score (nSPS) is 17.6. The van der Waals surface area contributed by atoms with Crippen molar-refractivity contribution in [3.8, 4) is 0 Å². The van der Waals surface area contributed by atoms with Crippen LogP contribution < -0.4 is 5.32 Å². The number of hydrogen-bond donors (Lipinski definition) is 2. The van der Waals surface area contributed by atoms with Crippen molar-refractivity contribution in [2.24, 2.45) is 5.41 Å². The molecule has 0 aromatic carbocycles. The Morgan fingerprint density at radius 3 is 2.67 bits per heavy atom. The van der Waals surface area contributed by atoms with Gasteiger partial charge in [-0.1, -0.05) is 19.8 Å². The summed E-state index contributed by atoms with van der Waals surface area (Å²) in [7, 11) is 0. The van der Waals surface area contributed by atoms with Crippen LogP contribution in [-0.4, -0.2) is 23.5 Å². The maximum atomic E-state index is 11.8. The quantitative estimate of drug-likeness (QED) is 0.860. The lowest BCUT2D eigenvalue weighted by molar-refractivity contribution is 0.0696. The number of furan rings is 1. The van der Waals surface area contributed by atoms with Gasteiger partial charge in [0.05, 0.1) is 5.56 Å². The molecule has 5 heteroatoms. The summed E-state index contributed by atoms with van der Waals surface area (Å²) in [5.41, 5.74) is 0.157. The third-order valence-electron chi connectivity index (χ3n) is 3.56. The van der Waals surface area contributed by atoms with Crippen molar-refractivity contribution in [3.05, 3.63) is 23.7 Å². The monoisotopic (exact) mass is 251 g/mol. The Kier molecular flexibility index (Phi) is 3.41. The number of amides is 1. The summed E-state index contributed by atoms with van der Waals surface area (Å²) in [6.07, 6.45) is 5.72. The molecule has 1 fully saturated rings. The zero-order chi connectivity index (χ0) is 13.2. The van der Waals surface area contributed by atoms with Crippen molar-refractivity contribution in [1.29, 1.82) is 0 Å². The van der Waals surface area contributed by atoms with E-state index in [1.165, 1.54) is 18.9 Å². The van der Waals surface area contributed by atoms with Gasteiger partial charge in [0.1, 0.15) is 6.26 Å². The maximum absolute atomic E-state index is 11.8. The first-order valence-electron chi connectivity index (χ1n) is 6.10. The molecule has 0 atom stereocenters. The van der Waals surface area contributed by atoms with Crippen molar-refractivity contribution in [3.63, 3.8) is 0 Å². The molecule has 0 aliphatic heterocycles. The largest absolute Gasteiger partial charge is 0.478 e. The predicted octanol–water partition coefficient (Wildman–Crippen LogP) is 2.29. The number of rotatable bonds is 4. The predicted molar refractivity (Wildman–Crippen MR) is 64.6 cm³/mol. The molecule has 1 aromatic heterocycles. The number of carboxylic acids is 1. The van der Waals surface area contributed by atoms with Crippen LogP contribution in [0.4, 0.5) is 0 Å². The summed E-state index contributed by atoms with van der Waals surface area (Å²) < 4.78 is 4.94. The Morgan fingerprint density at radius 2 is 2.11 bits per heavy atom. The fourth-order valence-electron chi connectivity index (χ4n) is 2.35. The van der Waals surface area contributed by atoms with E-state index in [1.807, 2.05) is 0 Å². The van der Waals surface area contributed by atoms with Gasteiger partial charge < -0.3 is 14.8 Å². The van der Waals surface area contributed by atoms with Gasteiger partial charge in [0.25, 0.3) is 5.91 Å². The highest BCUT2D eigenvalue weighted by Crippen LogP contribution is 2.36. The molecule has 0 radical (unpaired) electrons. The summed E-state index contributed by atoms with van der Waals surface area (Å²) in [6, 6.07) is 1.24. The first-order valence-corrected chi connectivity index (χ1v) is 6.10. The van der Waals surface area contributed by atoms with Crippen molar-refractivity contribution in [2.45, 2.75) is 32.6 Å². The standard InChI is InChI=1S/C13H17NO4/c1-13(4-2-3-5-13)8-14-11(15)10-6-9(7-18-10)12(16)17/h6-7H,2-5,8H2,1H3,(H,14,15)(H,16,17). The second kappa shape index (κ2) is 4.84. The van der Waals surface area contributed by atoms with Crippen LogP contribution in [0.2, 0.25) is 0 Å². The lowest BCUT2D eigenvalue weighted by Gasteiger charge is -2.23. The van der Waals surface area contributed by atoms with Gasteiger partial charge in [0.2, 0.25) is 0 Å². The molecule has 0 unspecified atom stereocenters. The summed E-state index contributed by atoms with van der Waals surface area (Å²) >= 11 is 0. The molecular formula is C13H17NO4. The highest BCUT2D eigenvalue weighted by Gasteiger charge is 2.29. The van der Waals surface area contributed by atoms with E-state index >= 15 is 0 Å². The number of nitrogens with one attached hydrogen (secondary N) is 1. The molecule has 1 amide bonds. The van der Waals surface area contributed by atoms with Crippen LogP contribution in [0.1, 0.15) is 53.5 Å². The second-order valence-electron chi connectivity index (χ2n) is 5.21. The lowest BCUT2D eigenvalue weighted by Crippen LogP contribution is -2.33. The van der Waals surface area contributed by atoms with E-state index in [2.05, 4.69) is 12.2 Å². The van der Waals surface area contributed by atoms with Crippen LogP contribution in [0.25, 0.3) is 0 Å². The van der Waals surface area contributed by atoms with Gasteiger partial charge in [-0.25, -0.2) is 4.79 Å². The maximum Gasteiger partial charge on any atom is 0.338 e. The lowest BCUT2D eigenvalue weighted by atomic mass is 9.89. The molecule has 1 aliphatic rings. The van der Waals surface area contributed by atoms with Crippen LogP contribution in [0.15, 0.2) is 16.7 Å². The summed E-state index contributed by atoms with van der Waals surface area (Å²) in [6.45, 7) is 2.76. The van der Waals surface area contributed by atoms with Gasteiger partial charge in [0, 0.05) is 12.6 Å². The van der Waals surface area contributed by atoms with Crippen LogP contribution in [0.5, 0.6) is 0 Å². The number of carbonyl (C=O) groups is 2. The molecule has 2 rings (SSSR count). The van der Waals surface area contributed by atoms with Gasteiger partial charge in [-0.05, 0) is 18.3 Å². The smallest absolute Gasteiger partial charge is 0.338 e. The zero-order valence-corrected chi connectivity index (χ0v) is 10.4. The molecule has 2 N–H and O–H groups in total. The highest BCUT2D eigenvalue weighted by molar-refractivity contribution is 5.95. The van der Waals surface area contributed by atoms with Gasteiger partial charge in [0.15, 0.2) is 5.76 Å². The summed E-state index contributed by atoms with van der Waals surface area (Å²) in [5.74, 6) is -1.40. The summed E-state index contributed by atoms with van der Waals surface area (Å²) in [5, 5.41) is 11.5. The van der Waals surface area contributed by atoms with Crippen LogP contribution in [0, 0.1) is 5.41 Å². The van der Waals surface area contributed by atoms with Gasteiger partial charge >= 0.3 is 5.97 Å². The molecule has 98 valence electrons. The Hall–Kier alpha value is -1.78. The van der Waals surface area contributed by atoms with E-state index in [0.29, 0.717) is 6.54 Å². The average Bonchev–Trinajstić information content (AvgIpc) is 2.95. The van der Waals surface area contributed by atoms with Gasteiger partial charge in [-0.15, -0.1) is 0 Å². The number of hydrogen-bond acceptors (Lipinski definition) is 3. The number of aromatic carboxylic acids is 1. The third-order valence-corrected chi connectivity index (χ3v) is 3.56. The molecule has 1 saturated carbocycles. The van der Waals surface area contributed by atoms with E-state index in [4.69, 9.17) is 9.52 Å². The number of carbonyl (C=O) groups excluding carboxylic acids is 1. The molecule has 5 nitrogen and oxygen atoms in total. The van der Waals surface area contributed by atoms with E-state index in [9.17, 15) is 9.59 Å². The molecule has 1 heterocycles. The Morgan fingerprint density at radius 1 is 1.44 bits per heavy atom. The molecule has 18 heavy (non-hydrogen) atoms. The summed E-state index contributed by atoms with van der Waals surface area (Å²) in [4.78, 5) is 22.4. The van der Waals surface area contributed by atoms with Crippen molar-refractivity contribution >= 4 is 11.9 Å². The second-order valence-corrected chi connectivity index (χ2v) is 5.21. The Balaban J connectivity index is 1.93. The molecule has 0 spiro atoms. The fourth-order valence-corrected chi connectivity index (χ4v) is 2.35. The molecular weight excluding hydrogens is 234 g/mol. The van der Waals surface area contributed by atoms with Crippen molar-refractivity contribution in [2.75, 3.05) is 6.54 Å². The highest BCUT2D eigenvalue weighted by atomic mass is 16.4. The Labute approximate surface area is 105 Å². The zero-order valence-electron chi connectivity index (χ0n) is 10.4. The van der Waals surface area contributed by atoms with Gasteiger partial charge in [-0.3, -0.25) is 4.79 Å². The molecule has 1 aromatic rings. The SMILES string of the molecule is CC1(CNC(=O)c2cc(C(=O)O)co2)CCCC1. The minimum atomic E-state index is -1.10. The first kappa shape index (κ1) is 12.7. The molecule has 1 aliphatic carbocycles. The average molecular weight is 251 g/mol. The van der Waals surface area contributed by atoms with E-state index in [0.717, 1.165) is 19.1 Å². The van der Waals surface area contributed by atoms with Crippen molar-refractivity contribution in [1.82, 2.24) is 5.32 Å². The fraction of sp³-hybridized carbons (Fsp3) is 0.538. The van der Waals surface area contributed by atoms with Crippen LogP contribution in [-0.2, 0) is 0 Å². The van der Waals surface area contributed by atoms with E-state index in [1.54, 1.807) is 0 Å². The minimum absolute atomic E-state index is 0.00720. The number of carboxylic acid groups (broad SMARTS) is 1.